The summed E-state index contributed by atoms with van der Waals surface area (Å²) in [4.78, 5) is 10.9. The molecule has 0 spiro atoms. The van der Waals surface area contributed by atoms with E-state index in [0.717, 1.165) is 11.1 Å². The van der Waals surface area contributed by atoms with Gasteiger partial charge in [0.25, 0.3) is 0 Å². The first-order valence-corrected chi connectivity index (χ1v) is 4.57. The van der Waals surface area contributed by atoms with E-state index < -0.39 is 5.97 Å². The zero-order chi connectivity index (χ0) is 10.4. The normalized spacial score (nSPS) is 12.3. The molecular weight excluding hydrogens is 194 g/mol. The molecule has 1 aliphatic carbocycles. The summed E-state index contributed by atoms with van der Waals surface area (Å²) in [6.07, 6.45) is 0.594. The fraction of sp³-hybridized carbons (Fsp3) is 0.0909. The summed E-state index contributed by atoms with van der Waals surface area (Å²) in [5.74, 6) is -0.434. The number of aromatic nitrogens is 1. The number of aromatic carboxylic acids is 1. The third-order valence-corrected chi connectivity index (χ3v) is 2.62. The molecule has 1 aromatic carbocycles. The van der Waals surface area contributed by atoms with Crippen molar-refractivity contribution in [3.05, 3.63) is 41.1 Å². The Bertz CT molecular complexity index is 557. The Morgan fingerprint density at radius 1 is 1.40 bits per heavy atom. The molecule has 0 amide bonds. The van der Waals surface area contributed by atoms with Gasteiger partial charge in [0.05, 0.1) is 0 Å². The van der Waals surface area contributed by atoms with Crippen LogP contribution in [0.4, 0.5) is 0 Å². The van der Waals surface area contributed by atoms with Crippen molar-refractivity contribution in [1.29, 1.82) is 0 Å². The number of rotatable bonds is 1. The summed E-state index contributed by atoms with van der Waals surface area (Å²) < 4.78 is 5.06. The molecule has 0 bridgehead atoms. The average Bonchev–Trinajstić information content (AvgIpc) is 2.74. The van der Waals surface area contributed by atoms with Gasteiger partial charge in [-0.25, -0.2) is 4.79 Å². The highest BCUT2D eigenvalue weighted by atomic mass is 16.5. The van der Waals surface area contributed by atoms with Gasteiger partial charge in [-0.15, -0.1) is 0 Å². The topological polar surface area (TPSA) is 63.3 Å². The molecule has 1 aromatic heterocycles. The number of carboxylic acids is 1. The van der Waals surface area contributed by atoms with Gasteiger partial charge in [0.15, 0.2) is 11.5 Å². The third-order valence-electron chi connectivity index (χ3n) is 2.62. The lowest BCUT2D eigenvalue weighted by atomic mass is 10.1. The number of carboxylic acid groups (broad SMARTS) is 1. The second kappa shape index (κ2) is 2.70. The molecule has 1 N–H and O–H groups in total. The maximum absolute atomic E-state index is 10.9. The van der Waals surface area contributed by atoms with Gasteiger partial charge in [-0.1, -0.05) is 29.4 Å². The third kappa shape index (κ3) is 1.01. The van der Waals surface area contributed by atoms with E-state index in [0.29, 0.717) is 17.7 Å². The van der Waals surface area contributed by atoms with Crippen molar-refractivity contribution < 1.29 is 14.4 Å². The molecule has 0 aliphatic heterocycles. The molecular formula is C11H7NO3. The summed E-state index contributed by atoms with van der Waals surface area (Å²) in [5.41, 5.74) is 2.76. The van der Waals surface area contributed by atoms with Crippen LogP contribution in [-0.4, -0.2) is 16.2 Å². The summed E-state index contributed by atoms with van der Waals surface area (Å²) in [7, 11) is 0. The molecule has 2 aromatic rings. The second-order valence-corrected chi connectivity index (χ2v) is 3.48. The predicted octanol–water partition coefficient (Wildman–Crippen LogP) is 1.94. The van der Waals surface area contributed by atoms with Crippen molar-refractivity contribution in [2.75, 3.05) is 0 Å². The zero-order valence-electron chi connectivity index (χ0n) is 7.73. The van der Waals surface area contributed by atoms with Crippen molar-refractivity contribution >= 4 is 5.97 Å². The highest BCUT2D eigenvalue weighted by molar-refractivity contribution is 5.91. The first-order valence-electron chi connectivity index (χ1n) is 4.57. The van der Waals surface area contributed by atoms with Gasteiger partial charge in [0.2, 0.25) is 0 Å². The van der Waals surface area contributed by atoms with Crippen LogP contribution in [0.3, 0.4) is 0 Å². The highest BCUT2D eigenvalue weighted by Crippen LogP contribution is 2.37. The molecule has 1 heterocycles. The smallest absolute Gasteiger partial charge is 0.358 e. The number of nitrogens with zero attached hydrogens (tertiary/aromatic N) is 1. The van der Waals surface area contributed by atoms with Gasteiger partial charge in [0.1, 0.15) is 0 Å². The molecule has 1 aliphatic rings. The SMILES string of the molecule is O=C(O)c1noc2c1Cc1ccccc1-2. The molecule has 15 heavy (non-hydrogen) atoms. The Morgan fingerprint density at radius 3 is 3.00 bits per heavy atom. The van der Waals surface area contributed by atoms with Crippen LogP contribution in [-0.2, 0) is 6.42 Å². The van der Waals surface area contributed by atoms with Gasteiger partial charge in [-0.2, -0.15) is 0 Å². The van der Waals surface area contributed by atoms with E-state index in [9.17, 15) is 4.79 Å². The van der Waals surface area contributed by atoms with E-state index in [4.69, 9.17) is 9.63 Å². The van der Waals surface area contributed by atoms with Crippen LogP contribution in [0.1, 0.15) is 21.6 Å². The van der Waals surface area contributed by atoms with Crippen LogP contribution in [0.5, 0.6) is 0 Å². The average molecular weight is 201 g/mol. The molecule has 0 saturated carbocycles. The van der Waals surface area contributed by atoms with Crippen LogP contribution in [0.25, 0.3) is 11.3 Å². The van der Waals surface area contributed by atoms with Gasteiger partial charge < -0.3 is 9.63 Å². The number of hydrogen-bond acceptors (Lipinski definition) is 3. The van der Waals surface area contributed by atoms with Crippen LogP contribution in [0.2, 0.25) is 0 Å². The highest BCUT2D eigenvalue weighted by Gasteiger charge is 2.29. The Morgan fingerprint density at radius 2 is 2.20 bits per heavy atom. The Hall–Kier alpha value is -2.10. The largest absolute Gasteiger partial charge is 0.476 e. The van der Waals surface area contributed by atoms with Gasteiger partial charge in [-0.05, 0) is 5.56 Å². The summed E-state index contributed by atoms with van der Waals surface area (Å²) in [6.45, 7) is 0. The molecule has 74 valence electrons. The molecule has 4 nitrogen and oxygen atoms in total. The molecule has 0 saturated heterocycles. The summed E-state index contributed by atoms with van der Waals surface area (Å²) >= 11 is 0. The van der Waals surface area contributed by atoms with Crippen molar-refractivity contribution in [1.82, 2.24) is 5.16 Å². The maximum atomic E-state index is 10.9. The van der Waals surface area contributed by atoms with E-state index in [-0.39, 0.29) is 5.69 Å². The van der Waals surface area contributed by atoms with Crippen LogP contribution in [0, 0.1) is 0 Å². The van der Waals surface area contributed by atoms with Crippen LogP contribution in [0.15, 0.2) is 28.8 Å². The molecule has 4 heteroatoms. The fourth-order valence-electron chi connectivity index (χ4n) is 1.94. The number of benzene rings is 1. The van der Waals surface area contributed by atoms with Gasteiger partial charge >= 0.3 is 5.97 Å². The molecule has 3 rings (SSSR count). The minimum atomic E-state index is -1.03. The monoisotopic (exact) mass is 201 g/mol. The van der Waals surface area contributed by atoms with Crippen LogP contribution >= 0.6 is 0 Å². The maximum Gasteiger partial charge on any atom is 0.358 e. The lowest BCUT2D eigenvalue weighted by Gasteiger charge is -1.95. The van der Waals surface area contributed by atoms with Crippen molar-refractivity contribution in [2.45, 2.75) is 6.42 Å². The van der Waals surface area contributed by atoms with E-state index in [1.165, 1.54) is 0 Å². The molecule has 0 fully saturated rings. The lowest BCUT2D eigenvalue weighted by molar-refractivity contribution is 0.0685. The van der Waals surface area contributed by atoms with E-state index >= 15 is 0 Å². The molecule has 0 atom stereocenters. The Kier molecular flexibility index (Phi) is 1.48. The minimum absolute atomic E-state index is 0.0289. The van der Waals surface area contributed by atoms with Crippen LogP contribution < -0.4 is 0 Å². The van der Waals surface area contributed by atoms with E-state index in [1.54, 1.807) is 0 Å². The standard InChI is InChI=1S/C11H7NO3/c13-11(14)9-8-5-6-3-1-2-4-7(6)10(8)15-12-9/h1-4H,5H2,(H,13,14). The molecule has 0 unspecified atom stereocenters. The Labute approximate surface area is 85.1 Å². The van der Waals surface area contributed by atoms with Crippen molar-refractivity contribution in [3.63, 3.8) is 0 Å². The van der Waals surface area contributed by atoms with E-state index in [2.05, 4.69) is 5.16 Å². The summed E-state index contributed by atoms with van der Waals surface area (Å²) in [6, 6.07) is 7.71. The lowest BCUT2D eigenvalue weighted by Crippen LogP contribution is -2.00. The number of fused-ring (bicyclic) bond motifs is 3. The summed E-state index contributed by atoms with van der Waals surface area (Å²) in [5, 5.41) is 12.5. The fourth-order valence-corrected chi connectivity index (χ4v) is 1.94. The minimum Gasteiger partial charge on any atom is -0.476 e. The van der Waals surface area contributed by atoms with Gasteiger partial charge in [-0.3, -0.25) is 0 Å². The second-order valence-electron chi connectivity index (χ2n) is 3.48. The first-order chi connectivity index (χ1) is 7.27. The quantitative estimate of drug-likeness (QED) is 0.653. The van der Waals surface area contributed by atoms with Crippen molar-refractivity contribution in [3.8, 4) is 11.3 Å². The number of hydrogen-bond donors (Lipinski definition) is 1. The zero-order valence-corrected chi connectivity index (χ0v) is 7.73. The van der Waals surface area contributed by atoms with Crippen molar-refractivity contribution in [2.24, 2.45) is 0 Å². The van der Waals surface area contributed by atoms with Gasteiger partial charge in [0, 0.05) is 17.5 Å². The molecule has 0 radical (unpaired) electrons. The van der Waals surface area contributed by atoms with E-state index in [1.807, 2.05) is 24.3 Å². The number of carbonyl (C=O) groups is 1. The first kappa shape index (κ1) is 8.23. The Balaban J connectivity index is 2.23. The predicted molar refractivity (Wildman–Crippen MR) is 51.7 cm³/mol.